The second-order valence-electron chi connectivity index (χ2n) is 6.16. The molecule has 1 heterocycles. The van der Waals surface area contributed by atoms with E-state index in [-0.39, 0.29) is 44.5 Å². The van der Waals surface area contributed by atoms with Crippen molar-refractivity contribution >= 4 is 27.2 Å². The van der Waals surface area contributed by atoms with Gasteiger partial charge in [0.2, 0.25) is 0 Å². The molecule has 0 spiro atoms. The van der Waals surface area contributed by atoms with E-state index in [1.54, 1.807) is 24.3 Å². The highest BCUT2D eigenvalue weighted by atomic mass is 32.2. The zero-order valence-electron chi connectivity index (χ0n) is 13.6. The van der Waals surface area contributed by atoms with Crippen LogP contribution in [0, 0.1) is 0 Å². The Morgan fingerprint density at radius 1 is 0.880 bits per heavy atom. The van der Waals surface area contributed by atoms with Crippen LogP contribution in [-0.2, 0) is 9.73 Å². The molecule has 0 radical (unpaired) electrons. The molecule has 2 aliphatic rings. The lowest BCUT2D eigenvalue weighted by Crippen LogP contribution is -2.24. The van der Waals surface area contributed by atoms with Crippen LogP contribution in [0.4, 0.5) is 0 Å². The Bertz CT molecular complexity index is 1090. The van der Waals surface area contributed by atoms with Crippen molar-refractivity contribution in [3.63, 3.8) is 0 Å². The lowest BCUT2D eigenvalue weighted by atomic mass is 9.83. The maximum Gasteiger partial charge on any atom is 0.286 e. The summed E-state index contributed by atoms with van der Waals surface area (Å²) in [5, 5.41) is 0. The first-order chi connectivity index (χ1) is 12.0. The van der Waals surface area contributed by atoms with Gasteiger partial charge in [-0.15, -0.1) is 0 Å². The zero-order chi connectivity index (χ0) is 17.8. The van der Waals surface area contributed by atoms with E-state index < -0.39 is 15.6 Å². The average molecular weight is 353 g/mol. The molecule has 0 aromatic heterocycles. The summed E-state index contributed by atoms with van der Waals surface area (Å²) in [6, 6.07) is 9.52. The quantitative estimate of drug-likeness (QED) is 0.724. The monoisotopic (exact) mass is 353 g/mol. The largest absolute Gasteiger partial charge is 0.289 e. The van der Waals surface area contributed by atoms with E-state index in [2.05, 4.69) is 4.36 Å². The van der Waals surface area contributed by atoms with Crippen LogP contribution in [-0.4, -0.2) is 27.4 Å². The number of carbonyl (C=O) groups is 3. The van der Waals surface area contributed by atoms with Crippen LogP contribution >= 0.6 is 0 Å². The van der Waals surface area contributed by atoms with Crippen molar-refractivity contribution in [3.05, 3.63) is 64.2 Å². The number of fused-ring (bicyclic) bond motifs is 4. The van der Waals surface area contributed by atoms with Gasteiger partial charge in [0.25, 0.3) is 5.91 Å². The smallest absolute Gasteiger partial charge is 0.286 e. The lowest BCUT2D eigenvalue weighted by Gasteiger charge is -2.20. The van der Waals surface area contributed by atoms with Crippen molar-refractivity contribution in [1.82, 2.24) is 0 Å². The Morgan fingerprint density at radius 3 is 2.20 bits per heavy atom. The van der Waals surface area contributed by atoms with Crippen LogP contribution in [0.1, 0.15) is 62.0 Å². The van der Waals surface area contributed by atoms with E-state index in [0.717, 1.165) is 6.42 Å². The molecule has 0 bridgehead atoms. The van der Waals surface area contributed by atoms with Gasteiger partial charge >= 0.3 is 0 Å². The van der Waals surface area contributed by atoms with Gasteiger partial charge in [-0.3, -0.25) is 14.4 Å². The van der Waals surface area contributed by atoms with Crippen molar-refractivity contribution < 1.29 is 18.6 Å². The SMILES string of the molecule is CCCCS1(=O)=NC(=O)c2ccc3c(c21)C(=O)c1ccccc1C3=O. The first kappa shape index (κ1) is 15.9. The van der Waals surface area contributed by atoms with E-state index in [9.17, 15) is 18.6 Å². The van der Waals surface area contributed by atoms with Crippen LogP contribution in [0.2, 0.25) is 0 Å². The fraction of sp³-hybridized carbons (Fsp3) is 0.211. The third kappa shape index (κ3) is 2.14. The molecule has 0 N–H and O–H groups in total. The number of hydrogen-bond acceptors (Lipinski definition) is 4. The molecule has 1 amide bonds. The van der Waals surface area contributed by atoms with Gasteiger partial charge in [-0.25, -0.2) is 4.21 Å². The second-order valence-corrected chi connectivity index (χ2v) is 8.44. The lowest BCUT2D eigenvalue weighted by molar-refractivity contribution is 0.0974. The molecule has 25 heavy (non-hydrogen) atoms. The van der Waals surface area contributed by atoms with Gasteiger partial charge < -0.3 is 0 Å². The predicted molar refractivity (Wildman–Crippen MR) is 92.7 cm³/mol. The van der Waals surface area contributed by atoms with Gasteiger partial charge in [0.05, 0.1) is 25.8 Å². The van der Waals surface area contributed by atoms with Gasteiger partial charge in [0.15, 0.2) is 11.6 Å². The Labute approximate surface area is 145 Å². The molecule has 1 atom stereocenters. The van der Waals surface area contributed by atoms with Gasteiger partial charge in [-0.05, 0) is 18.6 Å². The molecular formula is C19H15NO4S. The van der Waals surface area contributed by atoms with Crippen LogP contribution in [0.25, 0.3) is 0 Å². The molecule has 126 valence electrons. The Kier molecular flexibility index (Phi) is 3.47. The maximum atomic E-state index is 13.4. The molecule has 0 saturated heterocycles. The highest BCUT2D eigenvalue weighted by molar-refractivity contribution is 7.94. The Balaban J connectivity index is 2.03. The summed E-state index contributed by atoms with van der Waals surface area (Å²) in [4.78, 5) is 38.2. The number of ketones is 2. The standard InChI is InChI=1S/C19H15NO4S/c1-2-3-10-25(24)18-14(19(23)20-25)9-8-13-15(18)17(22)12-7-5-4-6-11(12)16(13)21/h4-9H,2-3,10H2,1H3. The summed E-state index contributed by atoms with van der Waals surface area (Å²) in [5.74, 6) is -1.01. The van der Waals surface area contributed by atoms with Gasteiger partial charge in [0, 0.05) is 22.4 Å². The highest BCUT2D eigenvalue weighted by Crippen LogP contribution is 2.38. The van der Waals surface area contributed by atoms with Crippen LogP contribution < -0.4 is 0 Å². The molecule has 2 aromatic carbocycles. The van der Waals surface area contributed by atoms with Gasteiger partial charge in [-0.2, -0.15) is 4.36 Å². The van der Waals surface area contributed by atoms with Gasteiger partial charge in [0.1, 0.15) is 0 Å². The average Bonchev–Trinajstić information content (AvgIpc) is 2.88. The molecule has 1 aliphatic heterocycles. The summed E-state index contributed by atoms with van der Waals surface area (Å²) in [6.45, 7) is 1.95. The first-order valence-corrected chi connectivity index (χ1v) is 9.81. The third-order valence-corrected chi connectivity index (χ3v) is 6.96. The number of hydrogen-bond donors (Lipinski definition) is 0. The van der Waals surface area contributed by atoms with Crippen molar-refractivity contribution in [2.24, 2.45) is 4.36 Å². The number of carbonyl (C=O) groups excluding carboxylic acids is 3. The van der Waals surface area contributed by atoms with E-state index in [1.165, 1.54) is 12.1 Å². The maximum absolute atomic E-state index is 13.4. The summed E-state index contributed by atoms with van der Waals surface area (Å²) < 4.78 is 17.2. The summed E-state index contributed by atoms with van der Waals surface area (Å²) >= 11 is 0. The number of nitrogens with zero attached hydrogens (tertiary/aromatic N) is 1. The molecule has 5 nitrogen and oxygen atoms in total. The van der Waals surface area contributed by atoms with Gasteiger partial charge in [-0.1, -0.05) is 37.6 Å². The fourth-order valence-electron chi connectivity index (χ4n) is 3.37. The van der Waals surface area contributed by atoms with Crippen molar-refractivity contribution in [2.75, 3.05) is 5.75 Å². The van der Waals surface area contributed by atoms with Crippen molar-refractivity contribution in [2.45, 2.75) is 24.7 Å². The highest BCUT2D eigenvalue weighted by Gasteiger charge is 2.39. The number of unbranched alkanes of at least 4 members (excludes halogenated alkanes) is 1. The predicted octanol–water partition coefficient (Wildman–Crippen LogP) is 3.24. The third-order valence-electron chi connectivity index (χ3n) is 4.60. The summed E-state index contributed by atoms with van der Waals surface area (Å²) in [5.41, 5.74) is 1.10. The molecule has 0 saturated carbocycles. The normalized spacial score (nSPS) is 20.8. The molecule has 0 fully saturated rings. The zero-order valence-corrected chi connectivity index (χ0v) is 14.4. The molecule has 1 unspecified atom stereocenters. The number of rotatable bonds is 3. The van der Waals surface area contributed by atoms with Crippen molar-refractivity contribution in [3.8, 4) is 0 Å². The topological polar surface area (TPSA) is 80.6 Å². The Morgan fingerprint density at radius 2 is 1.52 bits per heavy atom. The van der Waals surface area contributed by atoms with E-state index >= 15 is 0 Å². The summed E-state index contributed by atoms with van der Waals surface area (Å²) in [6.07, 6.45) is 1.41. The van der Waals surface area contributed by atoms with E-state index in [0.29, 0.717) is 12.0 Å². The van der Waals surface area contributed by atoms with E-state index in [4.69, 9.17) is 0 Å². The van der Waals surface area contributed by atoms with Crippen molar-refractivity contribution in [1.29, 1.82) is 0 Å². The second kappa shape index (κ2) is 5.46. The minimum atomic E-state index is -3.02. The molecule has 1 aliphatic carbocycles. The van der Waals surface area contributed by atoms with E-state index in [1.807, 2.05) is 6.92 Å². The van der Waals surface area contributed by atoms with Crippen LogP contribution in [0.5, 0.6) is 0 Å². The number of benzene rings is 2. The first-order valence-electron chi connectivity index (χ1n) is 8.12. The Hall–Kier alpha value is -2.60. The molecule has 6 heteroatoms. The minimum absolute atomic E-state index is 0.0944. The minimum Gasteiger partial charge on any atom is -0.289 e. The number of amides is 1. The molecule has 2 aromatic rings. The van der Waals surface area contributed by atoms with Crippen LogP contribution in [0.3, 0.4) is 0 Å². The molecule has 4 rings (SSSR count). The molecular weight excluding hydrogens is 338 g/mol. The fourth-order valence-corrected chi connectivity index (χ4v) is 5.83. The van der Waals surface area contributed by atoms with Crippen LogP contribution in [0.15, 0.2) is 45.7 Å². The summed E-state index contributed by atoms with van der Waals surface area (Å²) in [7, 11) is -3.02.